The van der Waals surface area contributed by atoms with Crippen LogP contribution in [0.4, 0.5) is 0 Å². The Balaban J connectivity index is 1.79. The summed E-state index contributed by atoms with van der Waals surface area (Å²) in [4.78, 5) is 0. The Morgan fingerprint density at radius 3 is 3.00 bits per heavy atom. The summed E-state index contributed by atoms with van der Waals surface area (Å²) >= 11 is 0. The minimum Gasteiger partial charge on any atom is -0.497 e. The van der Waals surface area contributed by atoms with Gasteiger partial charge in [-0.25, -0.2) is 0 Å². The minimum absolute atomic E-state index is 0.478. The van der Waals surface area contributed by atoms with Gasteiger partial charge in [-0.15, -0.1) is 0 Å². The molecule has 1 N–H and O–H groups in total. The number of rotatable bonds is 4. The Bertz CT molecular complexity index is 454. The van der Waals surface area contributed by atoms with Gasteiger partial charge in [-0.1, -0.05) is 19.9 Å². The molecule has 18 heavy (non-hydrogen) atoms. The van der Waals surface area contributed by atoms with Gasteiger partial charge in [0.1, 0.15) is 5.75 Å². The smallest absolute Gasteiger partial charge is 0.119 e. The zero-order valence-electron chi connectivity index (χ0n) is 11.6. The van der Waals surface area contributed by atoms with Gasteiger partial charge in [-0.3, -0.25) is 0 Å². The molecule has 2 unspecified atom stereocenters. The summed E-state index contributed by atoms with van der Waals surface area (Å²) < 4.78 is 5.38. The second-order valence-corrected chi connectivity index (χ2v) is 6.14. The van der Waals surface area contributed by atoms with Crippen molar-refractivity contribution in [3.63, 3.8) is 0 Å². The molecule has 1 aromatic carbocycles. The highest BCUT2D eigenvalue weighted by molar-refractivity contribution is 5.48. The Kier molecular flexibility index (Phi) is 2.86. The van der Waals surface area contributed by atoms with E-state index in [2.05, 4.69) is 37.4 Å². The molecule has 0 amide bonds. The molecule has 1 spiro atoms. The standard InChI is InChI=1S/C16H23NO/c1-11(2)17-10-13-9-16(13)7-6-12-4-5-14(18-3)8-15(12)16/h4-5,8,11,13,17H,6-7,9-10H2,1-3H3. The molecule has 0 radical (unpaired) electrons. The molecular formula is C16H23NO. The molecule has 1 saturated carbocycles. The first-order valence-corrected chi connectivity index (χ1v) is 7.06. The van der Waals surface area contributed by atoms with Crippen LogP contribution in [-0.2, 0) is 11.8 Å². The maximum atomic E-state index is 5.38. The average Bonchev–Trinajstić information content (AvgIpc) is 2.96. The maximum Gasteiger partial charge on any atom is 0.119 e. The first-order chi connectivity index (χ1) is 8.65. The molecular weight excluding hydrogens is 222 g/mol. The van der Waals surface area contributed by atoms with Gasteiger partial charge in [0.2, 0.25) is 0 Å². The summed E-state index contributed by atoms with van der Waals surface area (Å²) in [6, 6.07) is 7.22. The summed E-state index contributed by atoms with van der Waals surface area (Å²) in [5.74, 6) is 1.84. The molecule has 3 rings (SSSR count). The minimum atomic E-state index is 0.478. The second-order valence-electron chi connectivity index (χ2n) is 6.14. The van der Waals surface area contributed by atoms with Crippen molar-refractivity contribution in [3.8, 4) is 5.75 Å². The Morgan fingerprint density at radius 1 is 1.44 bits per heavy atom. The van der Waals surface area contributed by atoms with Crippen LogP contribution in [0.2, 0.25) is 0 Å². The van der Waals surface area contributed by atoms with Crippen LogP contribution in [0, 0.1) is 5.92 Å². The first kappa shape index (κ1) is 12.0. The van der Waals surface area contributed by atoms with E-state index in [1.54, 1.807) is 18.2 Å². The predicted octanol–water partition coefficient (Wildman–Crippen LogP) is 2.90. The van der Waals surface area contributed by atoms with Gasteiger partial charge in [0.05, 0.1) is 7.11 Å². The lowest BCUT2D eigenvalue weighted by molar-refractivity contribution is 0.413. The largest absolute Gasteiger partial charge is 0.497 e. The molecule has 2 atom stereocenters. The zero-order chi connectivity index (χ0) is 12.8. The fraction of sp³-hybridized carbons (Fsp3) is 0.625. The number of hydrogen-bond acceptors (Lipinski definition) is 2. The van der Waals surface area contributed by atoms with Crippen LogP contribution >= 0.6 is 0 Å². The Morgan fingerprint density at radius 2 is 2.28 bits per heavy atom. The average molecular weight is 245 g/mol. The van der Waals surface area contributed by atoms with Crippen molar-refractivity contribution in [3.05, 3.63) is 29.3 Å². The van der Waals surface area contributed by atoms with E-state index in [1.165, 1.54) is 19.3 Å². The number of hydrogen-bond donors (Lipinski definition) is 1. The van der Waals surface area contributed by atoms with Gasteiger partial charge in [0.15, 0.2) is 0 Å². The molecule has 0 bridgehead atoms. The molecule has 1 aromatic rings. The monoisotopic (exact) mass is 245 g/mol. The van der Waals surface area contributed by atoms with Crippen molar-refractivity contribution in [2.24, 2.45) is 5.92 Å². The third-order valence-corrected chi connectivity index (χ3v) is 4.70. The van der Waals surface area contributed by atoms with Crippen molar-refractivity contribution >= 4 is 0 Å². The van der Waals surface area contributed by atoms with Crippen LogP contribution in [0.5, 0.6) is 5.75 Å². The number of benzene rings is 1. The highest BCUT2D eigenvalue weighted by Gasteiger charge is 2.57. The lowest BCUT2D eigenvalue weighted by Gasteiger charge is -2.14. The van der Waals surface area contributed by atoms with Crippen molar-refractivity contribution < 1.29 is 4.74 Å². The highest BCUT2D eigenvalue weighted by atomic mass is 16.5. The van der Waals surface area contributed by atoms with E-state index in [0.29, 0.717) is 11.5 Å². The Labute approximate surface area is 110 Å². The molecule has 0 aromatic heterocycles. The van der Waals surface area contributed by atoms with Gasteiger partial charge >= 0.3 is 0 Å². The number of aryl methyl sites for hydroxylation is 1. The van der Waals surface area contributed by atoms with Crippen molar-refractivity contribution in [2.45, 2.75) is 44.6 Å². The molecule has 0 heterocycles. The highest BCUT2D eigenvalue weighted by Crippen LogP contribution is 2.61. The van der Waals surface area contributed by atoms with Crippen LogP contribution in [0.25, 0.3) is 0 Å². The van der Waals surface area contributed by atoms with E-state index in [1.807, 2.05) is 0 Å². The molecule has 98 valence electrons. The first-order valence-electron chi connectivity index (χ1n) is 7.06. The number of methoxy groups -OCH3 is 1. The van der Waals surface area contributed by atoms with Gasteiger partial charge in [-0.2, -0.15) is 0 Å². The summed E-state index contributed by atoms with van der Waals surface area (Å²) in [6.45, 7) is 5.61. The van der Waals surface area contributed by atoms with Crippen LogP contribution < -0.4 is 10.1 Å². The number of nitrogens with one attached hydrogen (secondary N) is 1. The fourth-order valence-electron chi connectivity index (χ4n) is 3.52. The van der Waals surface area contributed by atoms with Gasteiger partial charge in [0.25, 0.3) is 0 Å². The van der Waals surface area contributed by atoms with E-state index in [9.17, 15) is 0 Å². The second kappa shape index (κ2) is 4.27. The van der Waals surface area contributed by atoms with Gasteiger partial charge in [0, 0.05) is 11.5 Å². The zero-order valence-corrected chi connectivity index (χ0v) is 11.6. The lowest BCUT2D eigenvalue weighted by Crippen LogP contribution is -2.27. The molecule has 2 nitrogen and oxygen atoms in total. The van der Waals surface area contributed by atoms with Crippen LogP contribution in [0.3, 0.4) is 0 Å². The van der Waals surface area contributed by atoms with Gasteiger partial charge in [-0.05, 0) is 55.0 Å². The summed E-state index contributed by atoms with van der Waals surface area (Å²) in [5, 5.41) is 3.59. The molecule has 0 aliphatic heterocycles. The van der Waals surface area contributed by atoms with Crippen molar-refractivity contribution in [2.75, 3.05) is 13.7 Å². The molecule has 1 fully saturated rings. The third-order valence-electron chi connectivity index (χ3n) is 4.70. The maximum absolute atomic E-state index is 5.38. The summed E-state index contributed by atoms with van der Waals surface area (Å²) in [6.07, 6.45) is 3.93. The van der Waals surface area contributed by atoms with Crippen LogP contribution in [-0.4, -0.2) is 19.7 Å². The van der Waals surface area contributed by atoms with E-state index >= 15 is 0 Å². The molecule has 0 saturated heterocycles. The van der Waals surface area contributed by atoms with Crippen LogP contribution in [0.1, 0.15) is 37.8 Å². The quantitative estimate of drug-likeness (QED) is 0.880. The van der Waals surface area contributed by atoms with Crippen molar-refractivity contribution in [1.82, 2.24) is 5.32 Å². The fourth-order valence-corrected chi connectivity index (χ4v) is 3.52. The van der Waals surface area contributed by atoms with Gasteiger partial charge < -0.3 is 10.1 Å². The van der Waals surface area contributed by atoms with E-state index in [-0.39, 0.29) is 0 Å². The van der Waals surface area contributed by atoms with E-state index in [0.717, 1.165) is 18.2 Å². The third kappa shape index (κ3) is 1.83. The molecule has 2 heteroatoms. The molecule has 2 aliphatic rings. The summed E-state index contributed by atoms with van der Waals surface area (Å²) in [5.41, 5.74) is 3.59. The Hall–Kier alpha value is -1.02. The lowest BCUT2D eigenvalue weighted by atomic mass is 9.95. The van der Waals surface area contributed by atoms with E-state index in [4.69, 9.17) is 4.74 Å². The normalized spacial score (nSPS) is 28.8. The number of ether oxygens (including phenoxy) is 1. The SMILES string of the molecule is COc1ccc2c(c1)C1(CC2)CC1CNC(C)C. The molecule has 2 aliphatic carbocycles. The predicted molar refractivity (Wildman–Crippen MR) is 74.2 cm³/mol. The topological polar surface area (TPSA) is 21.3 Å². The van der Waals surface area contributed by atoms with E-state index < -0.39 is 0 Å². The number of fused-ring (bicyclic) bond motifs is 2. The summed E-state index contributed by atoms with van der Waals surface area (Å²) in [7, 11) is 1.76. The van der Waals surface area contributed by atoms with Crippen molar-refractivity contribution in [1.29, 1.82) is 0 Å². The van der Waals surface area contributed by atoms with Crippen LogP contribution in [0.15, 0.2) is 18.2 Å².